The Kier molecular flexibility index (Phi) is 9.56. The third-order valence-corrected chi connectivity index (χ3v) is 4.83. The second kappa shape index (κ2) is 10.9. The molecule has 1 aliphatic heterocycles. The summed E-state index contributed by atoms with van der Waals surface area (Å²) in [5.41, 5.74) is 0. The van der Waals surface area contributed by atoms with Crippen LogP contribution in [-0.2, 0) is 0 Å². The molecular weight excluding hydrogens is 286 g/mol. The van der Waals surface area contributed by atoms with E-state index in [1.807, 2.05) is 0 Å². The standard InChI is InChI=1S/C18H39N5/c1-7-19-18(20-11-10-12-22(8-2)9-3)21-17-14-23(15(4)5)13-16(17)6/h15-17H,7-14H2,1-6H3,(H2,19,20,21). The molecule has 0 radical (unpaired) electrons. The van der Waals surface area contributed by atoms with Crippen LogP contribution in [0.3, 0.4) is 0 Å². The molecular formula is C18H39N5. The zero-order valence-corrected chi connectivity index (χ0v) is 16.2. The molecule has 5 heteroatoms. The molecule has 0 spiro atoms. The van der Waals surface area contributed by atoms with Gasteiger partial charge in [-0.3, -0.25) is 9.89 Å². The van der Waals surface area contributed by atoms with Gasteiger partial charge < -0.3 is 15.5 Å². The number of likely N-dealkylation sites (tertiary alicyclic amines) is 1. The molecule has 0 saturated carbocycles. The van der Waals surface area contributed by atoms with E-state index in [4.69, 9.17) is 4.99 Å². The Morgan fingerprint density at radius 1 is 1.22 bits per heavy atom. The van der Waals surface area contributed by atoms with Crippen LogP contribution in [0.15, 0.2) is 4.99 Å². The van der Waals surface area contributed by atoms with Gasteiger partial charge in [-0.15, -0.1) is 0 Å². The minimum Gasteiger partial charge on any atom is -0.357 e. The van der Waals surface area contributed by atoms with Crippen molar-refractivity contribution in [1.29, 1.82) is 0 Å². The highest BCUT2D eigenvalue weighted by Crippen LogP contribution is 2.18. The first-order valence-corrected chi connectivity index (χ1v) is 9.52. The summed E-state index contributed by atoms with van der Waals surface area (Å²) in [4.78, 5) is 9.77. The Morgan fingerprint density at radius 2 is 1.91 bits per heavy atom. The lowest BCUT2D eigenvalue weighted by molar-refractivity contribution is 0.265. The lowest BCUT2D eigenvalue weighted by Gasteiger charge is -2.22. The molecule has 1 aliphatic rings. The lowest BCUT2D eigenvalue weighted by atomic mass is 10.1. The van der Waals surface area contributed by atoms with E-state index in [9.17, 15) is 0 Å². The van der Waals surface area contributed by atoms with Crippen LogP contribution in [0.25, 0.3) is 0 Å². The average Bonchev–Trinajstić information content (AvgIpc) is 2.89. The van der Waals surface area contributed by atoms with E-state index in [1.165, 1.54) is 6.54 Å². The molecule has 23 heavy (non-hydrogen) atoms. The van der Waals surface area contributed by atoms with Crippen LogP contribution in [-0.4, -0.2) is 73.7 Å². The predicted molar refractivity (Wildman–Crippen MR) is 101 cm³/mol. The number of rotatable bonds is 9. The molecule has 0 aliphatic carbocycles. The molecule has 1 heterocycles. The molecule has 0 amide bonds. The molecule has 5 nitrogen and oxygen atoms in total. The lowest BCUT2D eigenvalue weighted by Crippen LogP contribution is -2.47. The van der Waals surface area contributed by atoms with Gasteiger partial charge in [0.05, 0.1) is 0 Å². The summed E-state index contributed by atoms with van der Waals surface area (Å²) in [6.45, 7) is 21.0. The number of hydrogen-bond acceptors (Lipinski definition) is 3. The van der Waals surface area contributed by atoms with E-state index in [1.54, 1.807) is 0 Å². The first-order valence-electron chi connectivity index (χ1n) is 9.52. The van der Waals surface area contributed by atoms with Gasteiger partial charge in [0.15, 0.2) is 5.96 Å². The smallest absolute Gasteiger partial charge is 0.191 e. The van der Waals surface area contributed by atoms with Gasteiger partial charge in [0.1, 0.15) is 0 Å². The van der Waals surface area contributed by atoms with Crippen molar-refractivity contribution in [3.63, 3.8) is 0 Å². The van der Waals surface area contributed by atoms with Crippen LogP contribution in [0.5, 0.6) is 0 Å². The minimum atomic E-state index is 0.498. The largest absolute Gasteiger partial charge is 0.357 e. The average molecular weight is 326 g/mol. The van der Waals surface area contributed by atoms with E-state index >= 15 is 0 Å². The number of guanidine groups is 1. The van der Waals surface area contributed by atoms with Crippen LogP contribution in [0.1, 0.15) is 48.0 Å². The number of aliphatic imine (C=N–C) groups is 1. The highest BCUT2D eigenvalue weighted by molar-refractivity contribution is 5.80. The van der Waals surface area contributed by atoms with Crippen molar-refractivity contribution < 1.29 is 0 Å². The Balaban J connectivity index is 2.46. The van der Waals surface area contributed by atoms with Gasteiger partial charge in [-0.1, -0.05) is 20.8 Å². The van der Waals surface area contributed by atoms with Crippen molar-refractivity contribution in [2.24, 2.45) is 10.9 Å². The van der Waals surface area contributed by atoms with Crippen LogP contribution >= 0.6 is 0 Å². The van der Waals surface area contributed by atoms with Gasteiger partial charge in [0.2, 0.25) is 0 Å². The van der Waals surface area contributed by atoms with Crippen LogP contribution < -0.4 is 10.6 Å². The third kappa shape index (κ3) is 7.08. The summed E-state index contributed by atoms with van der Waals surface area (Å²) < 4.78 is 0. The topological polar surface area (TPSA) is 42.9 Å². The molecule has 136 valence electrons. The highest BCUT2D eigenvalue weighted by Gasteiger charge is 2.31. The van der Waals surface area contributed by atoms with Gasteiger partial charge in [0.25, 0.3) is 0 Å². The first kappa shape index (κ1) is 20.2. The van der Waals surface area contributed by atoms with Gasteiger partial charge in [-0.05, 0) is 52.7 Å². The highest BCUT2D eigenvalue weighted by atomic mass is 15.3. The van der Waals surface area contributed by atoms with Crippen LogP contribution in [0.4, 0.5) is 0 Å². The summed E-state index contributed by atoms with van der Waals surface area (Å²) in [5.74, 6) is 1.64. The van der Waals surface area contributed by atoms with Crippen molar-refractivity contribution in [3.8, 4) is 0 Å². The fourth-order valence-corrected chi connectivity index (χ4v) is 3.13. The van der Waals surface area contributed by atoms with Gasteiger partial charge >= 0.3 is 0 Å². The second-order valence-corrected chi connectivity index (χ2v) is 6.92. The molecule has 2 N–H and O–H groups in total. The van der Waals surface area contributed by atoms with Gasteiger partial charge in [0, 0.05) is 38.3 Å². The van der Waals surface area contributed by atoms with Crippen LogP contribution in [0, 0.1) is 5.92 Å². The minimum absolute atomic E-state index is 0.498. The second-order valence-electron chi connectivity index (χ2n) is 6.92. The van der Waals surface area contributed by atoms with Gasteiger partial charge in [-0.2, -0.15) is 0 Å². The third-order valence-electron chi connectivity index (χ3n) is 4.83. The normalized spacial score (nSPS) is 23.0. The van der Waals surface area contributed by atoms with Crippen molar-refractivity contribution in [2.75, 3.05) is 45.8 Å². The maximum atomic E-state index is 4.77. The summed E-state index contributed by atoms with van der Waals surface area (Å²) in [6.07, 6.45) is 1.12. The maximum absolute atomic E-state index is 4.77. The molecule has 0 bridgehead atoms. The maximum Gasteiger partial charge on any atom is 0.191 e. The predicted octanol–water partition coefficient (Wildman–Crippen LogP) is 2.00. The molecule has 0 aromatic rings. The van der Waals surface area contributed by atoms with E-state index in [0.717, 1.165) is 51.6 Å². The van der Waals surface area contributed by atoms with E-state index in [2.05, 4.69) is 62.0 Å². The summed E-state index contributed by atoms with van der Waals surface area (Å²) in [6, 6.07) is 1.12. The van der Waals surface area contributed by atoms with E-state index < -0.39 is 0 Å². The zero-order valence-electron chi connectivity index (χ0n) is 16.2. The summed E-state index contributed by atoms with van der Waals surface area (Å²) in [7, 11) is 0. The number of hydrogen-bond donors (Lipinski definition) is 2. The Morgan fingerprint density at radius 3 is 2.43 bits per heavy atom. The van der Waals surface area contributed by atoms with Crippen molar-refractivity contribution in [2.45, 2.75) is 60.0 Å². The van der Waals surface area contributed by atoms with Gasteiger partial charge in [-0.25, -0.2) is 0 Å². The molecule has 0 aromatic carbocycles. The van der Waals surface area contributed by atoms with Crippen molar-refractivity contribution >= 4 is 5.96 Å². The number of nitrogens with one attached hydrogen (secondary N) is 2. The Bertz CT molecular complexity index is 338. The molecule has 2 atom stereocenters. The molecule has 1 fully saturated rings. The monoisotopic (exact) mass is 325 g/mol. The molecule has 0 aromatic heterocycles. The SMILES string of the molecule is CCNC(=NCCCN(CC)CC)NC1CN(C(C)C)CC1C. The summed E-state index contributed by atoms with van der Waals surface area (Å²) in [5, 5.41) is 7.05. The Labute approximate surface area is 143 Å². The molecule has 1 rings (SSSR count). The molecule has 2 unspecified atom stereocenters. The quantitative estimate of drug-likeness (QED) is 0.387. The number of nitrogens with zero attached hydrogens (tertiary/aromatic N) is 3. The zero-order chi connectivity index (χ0) is 17.2. The fraction of sp³-hybridized carbons (Fsp3) is 0.944. The molecule has 1 saturated heterocycles. The summed E-state index contributed by atoms with van der Waals surface area (Å²) >= 11 is 0. The van der Waals surface area contributed by atoms with Crippen LogP contribution in [0.2, 0.25) is 0 Å². The van der Waals surface area contributed by atoms with Crippen molar-refractivity contribution in [1.82, 2.24) is 20.4 Å². The van der Waals surface area contributed by atoms with E-state index in [0.29, 0.717) is 18.0 Å². The van der Waals surface area contributed by atoms with Crippen molar-refractivity contribution in [3.05, 3.63) is 0 Å². The first-order chi connectivity index (χ1) is 11.0. The fourth-order valence-electron chi connectivity index (χ4n) is 3.13. The Hall–Kier alpha value is -0.810. The van der Waals surface area contributed by atoms with E-state index in [-0.39, 0.29) is 0 Å².